The molecule has 15 heavy (non-hydrogen) atoms. The van der Waals surface area contributed by atoms with Gasteiger partial charge in [0.05, 0.1) is 7.11 Å². The highest BCUT2D eigenvalue weighted by Gasteiger charge is 2.33. The van der Waals surface area contributed by atoms with Crippen molar-refractivity contribution in [1.29, 1.82) is 0 Å². The monoisotopic (exact) mass is 207 g/mol. The van der Waals surface area contributed by atoms with Crippen molar-refractivity contribution in [3.05, 3.63) is 29.8 Å². The third kappa shape index (κ3) is 1.98. The summed E-state index contributed by atoms with van der Waals surface area (Å²) >= 11 is 0. The van der Waals surface area contributed by atoms with Crippen LogP contribution in [0.4, 0.5) is 0 Å². The second-order valence-corrected chi connectivity index (χ2v) is 4.01. The first-order chi connectivity index (χ1) is 7.26. The Hall–Kier alpha value is -1.06. The predicted molar refractivity (Wildman–Crippen MR) is 59.0 cm³/mol. The number of aliphatic hydroxyl groups is 1. The van der Waals surface area contributed by atoms with Gasteiger partial charge in [-0.3, -0.25) is 0 Å². The van der Waals surface area contributed by atoms with Crippen molar-refractivity contribution in [2.75, 3.05) is 20.2 Å². The maximum absolute atomic E-state index is 10.5. The topological polar surface area (TPSA) is 41.5 Å². The van der Waals surface area contributed by atoms with Gasteiger partial charge in [0, 0.05) is 12.1 Å². The minimum Gasteiger partial charge on any atom is -0.496 e. The number of β-amino-alcohol motifs (C(OH)–C–C–N with tert-alkyl or cyclic N) is 1. The number of para-hydroxylation sites is 1. The molecule has 0 radical (unpaired) electrons. The van der Waals surface area contributed by atoms with Crippen LogP contribution in [0.3, 0.4) is 0 Å². The van der Waals surface area contributed by atoms with E-state index in [4.69, 9.17) is 4.74 Å². The minimum atomic E-state index is -0.773. The Morgan fingerprint density at radius 3 is 2.87 bits per heavy atom. The normalized spacial score (nSPS) is 26.3. The summed E-state index contributed by atoms with van der Waals surface area (Å²) in [6, 6.07) is 7.68. The Labute approximate surface area is 90.1 Å². The number of piperidine rings is 1. The van der Waals surface area contributed by atoms with Gasteiger partial charge in [-0.2, -0.15) is 0 Å². The van der Waals surface area contributed by atoms with E-state index in [1.165, 1.54) is 0 Å². The van der Waals surface area contributed by atoms with Gasteiger partial charge in [-0.15, -0.1) is 0 Å². The lowest BCUT2D eigenvalue weighted by Gasteiger charge is -2.33. The Morgan fingerprint density at radius 1 is 1.40 bits per heavy atom. The quantitative estimate of drug-likeness (QED) is 0.767. The molecule has 0 amide bonds. The van der Waals surface area contributed by atoms with Crippen molar-refractivity contribution in [2.24, 2.45) is 0 Å². The number of methoxy groups -OCH3 is 1. The summed E-state index contributed by atoms with van der Waals surface area (Å²) in [6.45, 7) is 1.59. The van der Waals surface area contributed by atoms with Gasteiger partial charge in [-0.1, -0.05) is 18.2 Å². The van der Waals surface area contributed by atoms with Crippen molar-refractivity contribution in [1.82, 2.24) is 5.32 Å². The van der Waals surface area contributed by atoms with Crippen LogP contribution < -0.4 is 10.1 Å². The molecule has 0 bridgehead atoms. The zero-order valence-electron chi connectivity index (χ0n) is 8.99. The molecule has 0 aromatic heterocycles. The van der Waals surface area contributed by atoms with Crippen molar-refractivity contribution in [2.45, 2.75) is 18.4 Å². The fourth-order valence-corrected chi connectivity index (χ4v) is 2.15. The molecule has 3 nitrogen and oxygen atoms in total. The van der Waals surface area contributed by atoms with E-state index in [0.29, 0.717) is 6.54 Å². The van der Waals surface area contributed by atoms with Crippen molar-refractivity contribution < 1.29 is 9.84 Å². The van der Waals surface area contributed by atoms with Gasteiger partial charge in [-0.05, 0) is 25.5 Å². The van der Waals surface area contributed by atoms with Crippen molar-refractivity contribution >= 4 is 0 Å². The summed E-state index contributed by atoms with van der Waals surface area (Å²) in [5.41, 5.74) is 0.116. The van der Waals surface area contributed by atoms with Gasteiger partial charge >= 0.3 is 0 Å². The van der Waals surface area contributed by atoms with Crippen LogP contribution in [0.15, 0.2) is 24.3 Å². The SMILES string of the molecule is COc1ccccc1C1(O)CCCNC1. The molecule has 0 saturated carbocycles. The van der Waals surface area contributed by atoms with Crippen LogP contribution in [0.2, 0.25) is 0 Å². The largest absolute Gasteiger partial charge is 0.496 e. The van der Waals surface area contributed by atoms with Crippen LogP contribution >= 0.6 is 0 Å². The zero-order valence-corrected chi connectivity index (χ0v) is 8.99. The lowest BCUT2D eigenvalue weighted by atomic mass is 9.86. The van der Waals surface area contributed by atoms with Gasteiger partial charge in [0.15, 0.2) is 0 Å². The Morgan fingerprint density at radius 2 is 2.20 bits per heavy atom. The molecule has 1 unspecified atom stereocenters. The number of nitrogens with one attached hydrogen (secondary N) is 1. The van der Waals surface area contributed by atoms with Crippen LogP contribution in [0.1, 0.15) is 18.4 Å². The first kappa shape index (κ1) is 10.5. The van der Waals surface area contributed by atoms with Crippen LogP contribution in [0.25, 0.3) is 0 Å². The maximum atomic E-state index is 10.5. The first-order valence-corrected chi connectivity index (χ1v) is 5.33. The smallest absolute Gasteiger partial charge is 0.124 e. The molecule has 0 spiro atoms. The summed E-state index contributed by atoms with van der Waals surface area (Å²) < 4.78 is 5.28. The highest BCUT2D eigenvalue weighted by molar-refractivity contribution is 5.38. The molecular weight excluding hydrogens is 190 g/mol. The molecule has 1 aromatic carbocycles. The summed E-state index contributed by atoms with van der Waals surface area (Å²) in [6.07, 6.45) is 1.79. The molecule has 1 heterocycles. The van der Waals surface area contributed by atoms with Gasteiger partial charge in [0.25, 0.3) is 0 Å². The van der Waals surface area contributed by atoms with Crippen molar-refractivity contribution in [3.63, 3.8) is 0 Å². The summed E-state index contributed by atoms with van der Waals surface area (Å²) in [7, 11) is 1.64. The standard InChI is InChI=1S/C12H17NO2/c1-15-11-6-3-2-5-10(11)12(14)7-4-8-13-9-12/h2-3,5-6,13-14H,4,7-9H2,1H3. The minimum absolute atomic E-state index is 0.605. The van der Waals surface area contributed by atoms with E-state index in [-0.39, 0.29) is 0 Å². The van der Waals surface area contributed by atoms with E-state index in [1.54, 1.807) is 7.11 Å². The van der Waals surface area contributed by atoms with Crippen LogP contribution in [-0.2, 0) is 5.60 Å². The molecule has 1 saturated heterocycles. The third-order valence-electron chi connectivity index (χ3n) is 2.97. The van der Waals surface area contributed by atoms with Gasteiger partial charge in [0.2, 0.25) is 0 Å². The highest BCUT2D eigenvalue weighted by atomic mass is 16.5. The Bertz CT molecular complexity index is 332. The van der Waals surface area contributed by atoms with Crippen LogP contribution in [-0.4, -0.2) is 25.3 Å². The number of ether oxygens (including phenoxy) is 1. The fourth-order valence-electron chi connectivity index (χ4n) is 2.15. The molecule has 82 valence electrons. The van der Waals surface area contributed by atoms with Crippen LogP contribution in [0, 0.1) is 0 Å². The third-order valence-corrected chi connectivity index (χ3v) is 2.97. The van der Waals surface area contributed by atoms with E-state index >= 15 is 0 Å². The maximum Gasteiger partial charge on any atom is 0.124 e. The first-order valence-electron chi connectivity index (χ1n) is 5.33. The molecule has 0 aliphatic carbocycles. The zero-order chi connectivity index (χ0) is 10.7. The van der Waals surface area contributed by atoms with Gasteiger partial charge < -0.3 is 15.2 Å². The highest BCUT2D eigenvalue weighted by Crippen LogP contribution is 2.34. The number of benzene rings is 1. The molecule has 1 aromatic rings. The Balaban J connectivity index is 2.34. The molecule has 3 heteroatoms. The second-order valence-electron chi connectivity index (χ2n) is 4.01. The molecule has 1 aliphatic rings. The summed E-state index contributed by atoms with van der Waals surface area (Å²) in [5.74, 6) is 0.767. The van der Waals surface area contributed by atoms with Gasteiger partial charge in [0.1, 0.15) is 11.4 Å². The van der Waals surface area contributed by atoms with E-state index in [1.807, 2.05) is 24.3 Å². The Kier molecular flexibility index (Phi) is 2.93. The molecule has 1 atom stereocenters. The van der Waals surface area contributed by atoms with E-state index in [2.05, 4.69) is 5.32 Å². The van der Waals surface area contributed by atoms with Gasteiger partial charge in [-0.25, -0.2) is 0 Å². The molecule has 2 rings (SSSR count). The van der Waals surface area contributed by atoms with E-state index < -0.39 is 5.60 Å². The predicted octanol–water partition coefficient (Wildman–Crippen LogP) is 1.27. The molecule has 2 N–H and O–H groups in total. The molecule has 1 fully saturated rings. The second kappa shape index (κ2) is 4.21. The summed E-state index contributed by atoms with van der Waals surface area (Å²) in [5, 5.41) is 13.7. The molecular formula is C12H17NO2. The lowest BCUT2D eigenvalue weighted by Crippen LogP contribution is -2.43. The van der Waals surface area contributed by atoms with E-state index in [0.717, 1.165) is 30.7 Å². The average molecular weight is 207 g/mol. The molecule has 1 aliphatic heterocycles. The lowest BCUT2D eigenvalue weighted by molar-refractivity contribution is 0.0102. The van der Waals surface area contributed by atoms with Crippen LogP contribution in [0.5, 0.6) is 5.75 Å². The number of hydrogen-bond acceptors (Lipinski definition) is 3. The average Bonchev–Trinajstić information content (AvgIpc) is 2.30. The van der Waals surface area contributed by atoms with E-state index in [9.17, 15) is 5.11 Å². The van der Waals surface area contributed by atoms with Crippen molar-refractivity contribution in [3.8, 4) is 5.75 Å². The number of hydrogen-bond donors (Lipinski definition) is 2. The summed E-state index contributed by atoms with van der Waals surface area (Å²) in [4.78, 5) is 0. The fraction of sp³-hybridized carbons (Fsp3) is 0.500. The number of rotatable bonds is 2.